The van der Waals surface area contributed by atoms with Crippen LogP contribution >= 0.6 is 0 Å². The summed E-state index contributed by atoms with van der Waals surface area (Å²) in [6.45, 7) is 0. The SMILES string of the molecule is COC(=O)CC(CCc1ccccc1)NC(c1ccccc1)c1ccccc1. The molecule has 3 aromatic rings. The fourth-order valence-corrected chi connectivity index (χ4v) is 3.43. The zero-order valence-corrected chi connectivity index (χ0v) is 16.3. The van der Waals surface area contributed by atoms with E-state index in [0.29, 0.717) is 6.42 Å². The van der Waals surface area contributed by atoms with E-state index >= 15 is 0 Å². The van der Waals surface area contributed by atoms with Crippen molar-refractivity contribution in [1.29, 1.82) is 0 Å². The van der Waals surface area contributed by atoms with Gasteiger partial charge in [0.25, 0.3) is 0 Å². The summed E-state index contributed by atoms with van der Waals surface area (Å²) in [7, 11) is 1.45. The van der Waals surface area contributed by atoms with Gasteiger partial charge in [-0.05, 0) is 29.5 Å². The minimum absolute atomic E-state index is 0.0121. The Morgan fingerprint density at radius 1 is 0.821 bits per heavy atom. The van der Waals surface area contributed by atoms with Crippen LogP contribution < -0.4 is 5.32 Å². The largest absolute Gasteiger partial charge is 0.469 e. The van der Waals surface area contributed by atoms with Crippen LogP contribution in [0.3, 0.4) is 0 Å². The molecule has 3 rings (SSSR count). The van der Waals surface area contributed by atoms with Crippen molar-refractivity contribution in [2.45, 2.75) is 31.3 Å². The molecule has 1 N–H and O–H groups in total. The number of ether oxygens (including phenoxy) is 1. The Balaban J connectivity index is 1.81. The number of methoxy groups -OCH3 is 1. The van der Waals surface area contributed by atoms with E-state index in [4.69, 9.17) is 4.74 Å². The first kappa shape index (κ1) is 19.8. The van der Waals surface area contributed by atoms with Crippen LogP contribution in [0, 0.1) is 0 Å². The maximum atomic E-state index is 12.0. The van der Waals surface area contributed by atoms with Crippen molar-refractivity contribution < 1.29 is 9.53 Å². The average molecular weight is 373 g/mol. The van der Waals surface area contributed by atoms with Crippen LogP contribution in [0.25, 0.3) is 0 Å². The van der Waals surface area contributed by atoms with Gasteiger partial charge in [-0.1, -0.05) is 91.0 Å². The molecule has 0 spiro atoms. The zero-order chi connectivity index (χ0) is 19.6. The van der Waals surface area contributed by atoms with Gasteiger partial charge in [-0.3, -0.25) is 4.79 Å². The highest BCUT2D eigenvalue weighted by Gasteiger charge is 2.21. The molecule has 0 saturated heterocycles. The Morgan fingerprint density at radius 2 is 1.32 bits per heavy atom. The van der Waals surface area contributed by atoms with Gasteiger partial charge in [0.05, 0.1) is 19.6 Å². The van der Waals surface area contributed by atoms with Gasteiger partial charge in [-0.25, -0.2) is 0 Å². The average Bonchev–Trinajstić information content (AvgIpc) is 2.77. The number of carbonyl (C=O) groups is 1. The predicted octanol–water partition coefficient (Wildman–Crippen LogP) is 4.93. The van der Waals surface area contributed by atoms with Crippen molar-refractivity contribution in [3.8, 4) is 0 Å². The molecule has 0 aliphatic heterocycles. The van der Waals surface area contributed by atoms with E-state index in [1.165, 1.54) is 23.8 Å². The van der Waals surface area contributed by atoms with Crippen molar-refractivity contribution in [2.24, 2.45) is 0 Å². The molecular weight excluding hydrogens is 346 g/mol. The van der Waals surface area contributed by atoms with E-state index in [0.717, 1.165) is 12.8 Å². The first-order valence-corrected chi connectivity index (χ1v) is 9.73. The highest BCUT2D eigenvalue weighted by molar-refractivity contribution is 5.69. The highest BCUT2D eigenvalue weighted by atomic mass is 16.5. The third kappa shape index (κ3) is 5.80. The van der Waals surface area contributed by atoms with Gasteiger partial charge in [0.1, 0.15) is 0 Å². The van der Waals surface area contributed by atoms with Crippen LogP contribution in [0.15, 0.2) is 91.0 Å². The Hall–Kier alpha value is -2.91. The first-order chi connectivity index (χ1) is 13.8. The molecule has 1 unspecified atom stereocenters. The number of rotatable bonds is 9. The molecule has 3 aromatic carbocycles. The van der Waals surface area contributed by atoms with Gasteiger partial charge in [0.15, 0.2) is 0 Å². The highest BCUT2D eigenvalue weighted by Crippen LogP contribution is 2.24. The van der Waals surface area contributed by atoms with E-state index in [2.05, 4.69) is 53.8 Å². The molecule has 0 heterocycles. The molecule has 1 atom stereocenters. The molecule has 0 saturated carbocycles. The van der Waals surface area contributed by atoms with E-state index in [-0.39, 0.29) is 18.1 Å². The lowest BCUT2D eigenvalue weighted by Crippen LogP contribution is -2.36. The predicted molar refractivity (Wildman–Crippen MR) is 113 cm³/mol. The molecule has 28 heavy (non-hydrogen) atoms. The van der Waals surface area contributed by atoms with Crippen LogP contribution in [-0.4, -0.2) is 19.1 Å². The van der Waals surface area contributed by atoms with E-state index < -0.39 is 0 Å². The van der Waals surface area contributed by atoms with E-state index in [9.17, 15) is 4.79 Å². The van der Waals surface area contributed by atoms with Crippen molar-refractivity contribution in [3.63, 3.8) is 0 Å². The molecule has 144 valence electrons. The second-order valence-corrected chi connectivity index (χ2v) is 6.92. The lowest BCUT2D eigenvalue weighted by molar-refractivity contribution is -0.141. The van der Waals surface area contributed by atoms with E-state index in [1.54, 1.807) is 0 Å². The van der Waals surface area contributed by atoms with Crippen LogP contribution in [0.5, 0.6) is 0 Å². The second kappa shape index (κ2) is 10.4. The number of nitrogens with one attached hydrogen (secondary N) is 1. The maximum Gasteiger partial charge on any atom is 0.307 e. The molecule has 0 bridgehead atoms. The first-order valence-electron chi connectivity index (χ1n) is 9.73. The quantitative estimate of drug-likeness (QED) is 0.541. The minimum Gasteiger partial charge on any atom is -0.469 e. The van der Waals surface area contributed by atoms with Gasteiger partial charge in [0, 0.05) is 6.04 Å². The third-order valence-corrected chi connectivity index (χ3v) is 4.93. The van der Waals surface area contributed by atoms with Crippen molar-refractivity contribution in [3.05, 3.63) is 108 Å². The molecule has 3 nitrogen and oxygen atoms in total. The van der Waals surface area contributed by atoms with Crippen LogP contribution in [-0.2, 0) is 16.0 Å². The number of esters is 1. The maximum absolute atomic E-state index is 12.0. The fourth-order valence-electron chi connectivity index (χ4n) is 3.43. The number of aryl methyl sites for hydroxylation is 1. The molecule has 0 aliphatic carbocycles. The Labute approximate surface area is 167 Å². The fraction of sp³-hybridized carbons (Fsp3) is 0.240. The standard InChI is InChI=1S/C25H27NO2/c1-28-24(27)19-23(18-17-20-11-5-2-6-12-20)26-25(21-13-7-3-8-14-21)22-15-9-4-10-16-22/h2-16,23,25-26H,17-19H2,1H3. The molecular formula is C25H27NO2. The molecule has 0 fully saturated rings. The topological polar surface area (TPSA) is 38.3 Å². The second-order valence-electron chi connectivity index (χ2n) is 6.92. The van der Waals surface area contributed by atoms with Crippen LogP contribution in [0.4, 0.5) is 0 Å². The number of hydrogen-bond acceptors (Lipinski definition) is 3. The summed E-state index contributed by atoms with van der Waals surface area (Å²) in [4.78, 5) is 12.0. The van der Waals surface area contributed by atoms with Crippen LogP contribution in [0.1, 0.15) is 35.6 Å². The summed E-state index contributed by atoms with van der Waals surface area (Å²) in [5.74, 6) is -0.189. The molecule has 3 heteroatoms. The summed E-state index contributed by atoms with van der Waals surface area (Å²) in [6.07, 6.45) is 2.11. The van der Waals surface area contributed by atoms with Gasteiger partial charge >= 0.3 is 5.97 Å². The van der Waals surface area contributed by atoms with Gasteiger partial charge in [-0.2, -0.15) is 0 Å². The molecule has 0 radical (unpaired) electrons. The van der Waals surface area contributed by atoms with Gasteiger partial charge in [0.2, 0.25) is 0 Å². The summed E-state index contributed by atoms with van der Waals surface area (Å²) in [5, 5.41) is 3.72. The Kier molecular flexibility index (Phi) is 7.39. The molecule has 0 aromatic heterocycles. The van der Waals surface area contributed by atoms with Crippen LogP contribution in [0.2, 0.25) is 0 Å². The van der Waals surface area contributed by atoms with Gasteiger partial charge in [-0.15, -0.1) is 0 Å². The minimum atomic E-state index is -0.189. The summed E-state index contributed by atoms with van der Waals surface area (Å²) < 4.78 is 4.95. The van der Waals surface area contributed by atoms with Crippen molar-refractivity contribution in [1.82, 2.24) is 5.32 Å². The van der Waals surface area contributed by atoms with E-state index in [1.807, 2.05) is 42.5 Å². The smallest absolute Gasteiger partial charge is 0.307 e. The summed E-state index contributed by atoms with van der Waals surface area (Å²) in [6, 6.07) is 31.1. The normalized spacial score (nSPS) is 11.9. The summed E-state index contributed by atoms with van der Waals surface area (Å²) in [5.41, 5.74) is 3.64. The molecule has 0 aliphatic rings. The summed E-state index contributed by atoms with van der Waals surface area (Å²) >= 11 is 0. The molecule has 0 amide bonds. The Morgan fingerprint density at radius 3 is 1.82 bits per heavy atom. The monoisotopic (exact) mass is 373 g/mol. The van der Waals surface area contributed by atoms with Gasteiger partial charge < -0.3 is 10.1 Å². The Bertz CT molecular complexity index is 795. The lowest BCUT2D eigenvalue weighted by Gasteiger charge is -2.26. The van der Waals surface area contributed by atoms with Crippen molar-refractivity contribution in [2.75, 3.05) is 7.11 Å². The third-order valence-electron chi connectivity index (χ3n) is 4.93. The lowest BCUT2D eigenvalue weighted by atomic mass is 9.95. The number of benzene rings is 3. The number of carbonyl (C=O) groups excluding carboxylic acids is 1. The zero-order valence-electron chi connectivity index (χ0n) is 16.3. The van der Waals surface area contributed by atoms with Crippen molar-refractivity contribution >= 4 is 5.97 Å². The number of hydrogen-bond donors (Lipinski definition) is 1.